The van der Waals surface area contributed by atoms with Crippen LogP contribution < -0.4 is 5.32 Å². The molecule has 0 saturated carbocycles. The highest BCUT2D eigenvalue weighted by molar-refractivity contribution is 6.22. The van der Waals surface area contributed by atoms with Gasteiger partial charge in [0.05, 0.1) is 18.4 Å². The summed E-state index contributed by atoms with van der Waals surface area (Å²) in [6.07, 6.45) is 3.71. The van der Waals surface area contributed by atoms with Crippen LogP contribution in [0.15, 0.2) is 18.3 Å². The van der Waals surface area contributed by atoms with Crippen LogP contribution in [0, 0.1) is 0 Å². The van der Waals surface area contributed by atoms with Gasteiger partial charge in [-0.15, -0.1) is 0 Å². The Morgan fingerprint density at radius 3 is 3.00 bits per heavy atom. The SMILES string of the molecule is CC[C@H](C(=O)NC[C@H](O)CO)N1Cc2ccnc3c2C(=CC3)C1=O. The van der Waals surface area contributed by atoms with Crippen LogP contribution in [0.5, 0.6) is 0 Å². The highest BCUT2D eigenvalue weighted by Gasteiger charge is 2.38. The Kier molecular flexibility index (Phi) is 4.64. The number of aliphatic hydroxyl groups is 2. The lowest BCUT2D eigenvalue weighted by molar-refractivity contribution is -0.137. The van der Waals surface area contributed by atoms with E-state index in [1.165, 1.54) is 0 Å². The van der Waals surface area contributed by atoms with Crippen molar-refractivity contribution < 1.29 is 19.8 Å². The van der Waals surface area contributed by atoms with Gasteiger partial charge in [-0.25, -0.2) is 0 Å². The van der Waals surface area contributed by atoms with E-state index in [0.29, 0.717) is 25.0 Å². The van der Waals surface area contributed by atoms with E-state index in [1.54, 1.807) is 11.1 Å². The number of amides is 2. The number of pyridine rings is 1. The van der Waals surface area contributed by atoms with Crippen LogP contribution in [0.2, 0.25) is 0 Å². The van der Waals surface area contributed by atoms with Gasteiger partial charge in [0.15, 0.2) is 0 Å². The first kappa shape index (κ1) is 16.6. The first-order chi connectivity index (χ1) is 11.6. The number of hydrogen-bond acceptors (Lipinski definition) is 5. The molecule has 2 heterocycles. The summed E-state index contributed by atoms with van der Waals surface area (Å²) >= 11 is 0. The van der Waals surface area contributed by atoms with Crippen molar-refractivity contribution in [2.24, 2.45) is 0 Å². The summed E-state index contributed by atoms with van der Waals surface area (Å²) < 4.78 is 0. The van der Waals surface area contributed by atoms with E-state index in [1.807, 2.05) is 19.1 Å². The number of rotatable bonds is 6. The van der Waals surface area contributed by atoms with Crippen LogP contribution in [0.1, 0.15) is 30.2 Å². The molecule has 2 amide bonds. The van der Waals surface area contributed by atoms with Gasteiger partial charge in [-0.05, 0) is 18.1 Å². The van der Waals surface area contributed by atoms with Gasteiger partial charge in [0.2, 0.25) is 5.91 Å². The standard InChI is InChI=1S/C17H21N3O4/c1-2-14(16(23)19-7-11(22)9-21)20-8-10-5-6-18-13-4-3-12(15(10)13)17(20)24/h3,5-6,11,14,21-22H,2,4,7-9H2,1H3,(H,19,23)/t11-,14+/m0/s1. The van der Waals surface area contributed by atoms with Crippen LogP contribution in [0.25, 0.3) is 5.57 Å². The number of carbonyl (C=O) groups is 2. The van der Waals surface area contributed by atoms with E-state index in [0.717, 1.165) is 16.8 Å². The second-order valence-electron chi connectivity index (χ2n) is 6.05. The Morgan fingerprint density at radius 1 is 1.50 bits per heavy atom. The smallest absolute Gasteiger partial charge is 0.255 e. The molecule has 2 atom stereocenters. The van der Waals surface area contributed by atoms with Gasteiger partial charge in [-0.3, -0.25) is 14.6 Å². The third-order valence-electron chi connectivity index (χ3n) is 4.50. The summed E-state index contributed by atoms with van der Waals surface area (Å²) in [5, 5.41) is 20.8. The minimum absolute atomic E-state index is 0.0405. The highest BCUT2D eigenvalue weighted by atomic mass is 16.3. The van der Waals surface area contributed by atoms with Crippen molar-refractivity contribution in [1.82, 2.24) is 15.2 Å². The summed E-state index contributed by atoms with van der Waals surface area (Å²) in [5.74, 6) is -0.478. The zero-order valence-corrected chi connectivity index (χ0v) is 13.5. The maximum atomic E-state index is 12.8. The van der Waals surface area contributed by atoms with E-state index in [4.69, 9.17) is 5.11 Å². The molecule has 3 rings (SSSR count). The molecular weight excluding hydrogens is 310 g/mol. The quantitative estimate of drug-likeness (QED) is 0.659. The summed E-state index contributed by atoms with van der Waals surface area (Å²) in [4.78, 5) is 31.1. The van der Waals surface area contributed by atoms with Gasteiger partial charge in [0.25, 0.3) is 5.91 Å². The number of aromatic nitrogens is 1. The van der Waals surface area contributed by atoms with Gasteiger partial charge in [-0.1, -0.05) is 13.0 Å². The predicted octanol–water partition coefficient (Wildman–Crippen LogP) is -0.389. The average molecular weight is 331 g/mol. The molecule has 7 nitrogen and oxygen atoms in total. The Bertz CT molecular complexity index is 701. The van der Waals surface area contributed by atoms with Gasteiger partial charge in [0, 0.05) is 36.8 Å². The monoisotopic (exact) mass is 331 g/mol. The number of nitrogens with zero attached hydrogens (tertiary/aromatic N) is 2. The van der Waals surface area contributed by atoms with Crippen LogP contribution in [0.4, 0.5) is 0 Å². The third-order valence-corrected chi connectivity index (χ3v) is 4.50. The lowest BCUT2D eigenvalue weighted by atomic mass is 9.95. The van der Waals surface area contributed by atoms with Gasteiger partial charge >= 0.3 is 0 Å². The fourth-order valence-electron chi connectivity index (χ4n) is 3.27. The summed E-state index contributed by atoms with van der Waals surface area (Å²) in [6.45, 7) is 1.75. The third kappa shape index (κ3) is 2.81. The number of carbonyl (C=O) groups excluding carboxylic acids is 2. The predicted molar refractivity (Wildman–Crippen MR) is 86.6 cm³/mol. The second-order valence-corrected chi connectivity index (χ2v) is 6.05. The van der Waals surface area contributed by atoms with Crippen LogP contribution in [-0.2, 0) is 22.6 Å². The van der Waals surface area contributed by atoms with E-state index in [2.05, 4.69) is 10.3 Å². The van der Waals surface area contributed by atoms with Crippen molar-refractivity contribution in [2.75, 3.05) is 13.2 Å². The highest BCUT2D eigenvalue weighted by Crippen LogP contribution is 2.36. The minimum Gasteiger partial charge on any atom is -0.394 e. The fourth-order valence-corrected chi connectivity index (χ4v) is 3.27. The van der Waals surface area contributed by atoms with Crippen LogP contribution in [0.3, 0.4) is 0 Å². The van der Waals surface area contributed by atoms with Gasteiger partial charge in [-0.2, -0.15) is 0 Å². The number of aliphatic hydroxyl groups excluding tert-OH is 2. The average Bonchev–Trinajstić information content (AvgIpc) is 3.03. The van der Waals surface area contributed by atoms with Gasteiger partial charge in [0.1, 0.15) is 6.04 Å². The molecule has 0 radical (unpaired) electrons. The lowest BCUT2D eigenvalue weighted by Gasteiger charge is -2.35. The normalized spacial score (nSPS) is 18.0. The number of hydrogen-bond donors (Lipinski definition) is 3. The first-order valence-corrected chi connectivity index (χ1v) is 8.11. The fraction of sp³-hybridized carbons (Fsp3) is 0.471. The molecule has 0 aromatic carbocycles. The van der Waals surface area contributed by atoms with Crippen molar-refractivity contribution >= 4 is 17.4 Å². The van der Waals surface area contributed by atoms with Crippen molar-refractivity contribution in [3.63, 3.8) is 0 Å². The molecule has 24 heavy (non-hydrogen) atoms. The second kappa shape index (κ2) is 6.70. The zero-order valence-electron chi connectivity index (χ0n) is 13.5. The molecule has 1 aromatic rings. The molecule has 3 N–H and O–H groups in total. The summed E-state index contributed by atoms with van der Waals surface area (Å²) in [6, 6.07) is 1.27. The topological polar surface area (TPSA) is 103 Å². The molecule has 2 aliphatic rings. The Balaban J connectivity index is 1.81. The van der Waals surface area contributed by atoms with E-state index >= 15 is 0 Å². The van der Waals surface area contributed by atoms with Crippen molar-refractivity contribution in [3.8, 4) is 0 Å². The van der Waals surface area contributed by atoms with Gasteiger partial charge < -0.3 is 20.4 Å². The molecule has 1 aliphatic heterocycles. The lowest BCUT2D eigenvalue weighted by Crippen LogP contribution is -2.51. The molecule has 7 heteroatoms. The van der Waals surface area contributed by atoms with Crippen molar-refractivity contribution in [2.45, 2.75) is 38.5 Å². The van der Waals surface area contributed by atoms with E-state index < -0.39 is 18.8 Å². The molecule has 1 aromatic heterocycles. The molecule has 128 valence electrons. The summed E-state index contributed by atoms with van der Waals surface area (Å²) in [7, 11) is 0. The maximum absolute atomic E-state index is 12.8. The molecular formula is C17H21N3O4. The van der Waals surface area contributed by atoms with Crippen LogP contribution in [-0.4, -0.2) is 57.2 Å². The summed E-state index contributed by atoms with van der Waals surface area (Å²) in [5.41, 5.74) is 3.47. The van der Waals surface area contributed by atoms with Crippen LogP contribution >= 0.6 is 0 Å². The Morgan fingerprint density at radius 2 is 2.29 bits per heavy atom. The minimum atomic E-state index is -1.00. The Labute approximate surface area is 140 Å². The maximum Gasteiger partial charge on any atom is 0.255 e. The van der Waals surface area contributed by atoms with Crippen molar-refractivity contribution in [1.29, 1.82) is 0 Å². The molecule has 0 spiro atoms. The molecule has 0 unspecified atom stereocenters. The Hall–Kier alpha value is -2.25. The number of allylic oxidation sites excluding steroid dienone is 1. The van der Waals surface area contributed by atoms with Crippen molar-refractivity contribution in [3.05, 3.63) is 35.2 Å². The zero-order chi connectivity index (χ0) is 17.3. The van der Waals surface area contributed by atoms with E-state index in [9.17, 15) is 14.7 Å². The molecule has 0 fully saturated rings. The van der Waals surface area contributed by atoms with E-state index in [-0.39, 0.29) is 18.4 Å². The molecule has 0 saturated heterocycles. The molecule has 1 aliphatic carbocycles. The first-order valence-electron chi connectivity index (χ1n) is 8.11. The number of nitrogens with one attached hydrogen (secondary N) is 1. The molecule has 0 bridgehead atoms. The largest absolute Gasteiger partial charge is 0.394 e.